The van der Waals surface area contributed by atoms with Gasteiger partial charge >= 0.3 is 6.18 Å². The van der Waals surface area contributed by atoms with Gasteiger partial charge < -0.3 is 5.11 Å². The maximum Gasteiger partial charge on any atom is 0.416 e. The smallest absolute Gasteiger partial charge is 0.416 e. The van der Waals surface area contributed by atoms with Crippen LogP contribution in [0.25, 0.3) is 0 Å². The molecule has 0 atom stereocenters. The van der Waals surface area contributed by atoms with E-state index < -0.39 is 17.5 Å². The molecule has 0 unspecified atom stereocenters. The molecule has 20 heavy (non-hydrogen) atoms. The third kappa shape index (κ3) is 3.48. The molecule has 3 nitrogen and oxygen atoms in total. The van der Waals surface area contributed by atoms with Crippen LogP contribution >= 0.6 is 11.6 Å². The molecule has 0 saturated heterocycles. The fourth-order valence-corrected chi connectivity index (χ4v) is 1.53. The van der Waals surface area contributed by atoms with E-state index in [0.717, 1.165) is 12.1 Å². The number of hydrogen-bond donors (Lipinski definition) is 1. The first-order valence-corrected chi connectivity index (χ1v) is 5.81. The van der Waals surface area contributed by atoms with Gasteiger partial charge in [-0.3, -0.25) is 0 Å². The molecule has 2 rings (SSSR count). The average molecular weight is 301 g/mol. The summed E-state index contributed by atoms with van der Waals surface area (Å²) in [7, 11) is 0. The molecule has 0 aliphatic heterocycles. The summed E-state index contributed by atoms with van der Waals surface area (Å²) < 4.78 is 37.2. The second-order valence-electron chi connectivity index (χ2n) is 3.88. The summed E-state index contributed by atoms with van der Waals surface area (Å²) in [5.74, 6) is -0.586. The van der Waals surface area contributed by atoms with Crippen LogP contribution in [0.1, 0.15) is 5.56 Å². The molecule has 0 aliphatic carbocycles. The Balaban J connectivity index is 2.24. The van der Waals surface area contributed by atoms with E-state index in [9.17, 15) is 18.3 Å². The van der Waals surface area contributed by atoms with E-state index in [0.29, 0.717) is 16.8 Å². The van der Waals surface area contributed by atoms with Crippen LogP contribution < -0.4 is 0 Å². The first kappa shape index (κ1) is 14.3. The van der Waals surface area contributed by atoms with E-state index >= 15 is 0 Å². The van der Waals surface area contributed by atoms with Gasteiger partial charge in [0.1, 0.15) is 11.4 Å². The van der Waals surface area contributed by atoms with Crippen LogP contribution in [0.2, 0.25) is 5.02 Å². The predicted molar refractivity (Wildman–Crippen MR) is 68.7 cm³/mol. The summed E-state index contributed by atoms with van der Waals surface area (Å²) in [6.45, 7) is 0. The van der Waals surface area contributed by atoms with Crippen LogP contribution in [0, 0.1) is 0 Å². The normalized spacial score (nSPS) is 12.0. The second-order valence-corrected chi connectivity index (χ2v) is 4.31. The number of azo groups is 1. The molecular weight excluding hydrogens is 293 g/mol. The van der Waals surface area contributed by atoms with Crippen LogP contribution in [-0.2, 0) is 6.18 Å². The van der Waals surface area contributed by atoms with Crippen molar-refractivity contribution in [3.63, 3.8) is 0 Å². The second kappa shape index (κ2) is 5.50. The monoisotopic (exact) mass is 300 g/mol. The molecule has 104 valence electrons. The van der Waals surface area contributed by atoms with Gasteiger partial charge in [0.15, 0.2) is 0 Å². The van der Waals surface area contributed by atoms with Crippen molar-refractivity contribution in [2.45, 2.75) is 6.18 Å². The third-order valence-corrected chi connectivity index (χ3v) is 2.65. The largest absolute Gasteiger partial charge is 0.506 e. The van der Waals surface area contributed by atoms with Crippen molar-refractivity contribution >= 4 is 23.0 Å². The summed E-state index contributed by atoms with van der Waals surface area (Å²) in [5, 5.41) is 17.5. The van der Waals surface area contributed by atoms with E-state index in [1.54, 1.807) is 24.3 Å². The van der Waals surface area contributed by atoms with E-state index in [1.165, 1.54) is 0 Å². The number of hydrogen-bond acceptors (Lipinski definition) is 3. The van der Waals surface area contributed by atoms with Crippen molar-refractivity contribution in [2.24, 2.45) is 10.2 Å². The molecule has 0 saturated carbocycles. The maximum atomic E-state index is 12.4. The molecule has 0 aromatic heterocycles. The fraction of sp³-hybridized carbons (Fsp3) is 0.0769. The SMILES string of the molecule is Oc1cc(C(F)(F)F)ccc1N=Nc1ccc(Cl)cc1. The van der Waals surface area contributed by atoms with Crippen molar-refractivity contribution < 1.29 is 18.3 Å². The zero-order valence-electron chi connectivity index (χ0n) is 9.89. The van der Waals surface area contributed by atoms with Crippen LogP contribution in [0.15, 0.2) is 52.7 Å². The number of phenolic OH excluding ortho intramolecular Hbond substituents is 1. The number of nitrogens with zero attached hydrogens (tertiary/aromatic N) is 2. The molecule has 0 radical (unpaired) electrons. The third-order valence-electron chi connectivity index (χ3n) is 2.40. The van der Waals surface area contributed by atoms with Crippen LogP contribution in [0.5, 0.6) is 5.75 Å². The number of halogens is 4. The lowest BCUT2D eigenvalue weighted by atomic mass is 10.2. The first-order chi connectivity index (χ1) is 9.36. The van der Waals surface area contributed by atoms with Gasteiger partial charge in [-0.25, -0.2) is 0 Å². The molecule has 0 spiro atoms. The van der Waals surface area contributed by atoms with E-state index in [4.69, 9.17) is 11.6 Å². The zero-order chi connectivity index (χ0) is 14.8. The summed E-state index contributed by atoms with van der Waals surface area (Å²) in [5.41, 5.74) is -0.526. The quantitative estimate of drug-likeness (QED) is 0.733. The van der Waals surface area contributed by atoms with Crippen molar-refractivity contribution in [3.8, 4) is 5.75 Å². The Kier molecular flexibility index (Phi) is 3.94. The highest BCUT2D eigenvalue weighted by molar-refractivity contribution is 6.30. The van der Waals surface area contributed by atoms with Gasteiger partial charge in [-0.15, -0.1) is 5.11 Å². The topological polar surface area (TPSA) is 45.0 Å². The Morgan fingerprint density at radius 3 is 2.15 bits per heavy atom. The minimum atomic E-state index is -4.51. The molecule has 0 bridgehead atoms. The van der Waals surface area contributed by atoms with Crippen molar-refractivity contribution in [3.05, 3.63) is 53.1 Å². The Morgan fingerprint density at radius 2 is 1.60 bits per heavy atom. The highest BCUT2D eigenvalue weighted by atomic mass is 35.5. The lowest BCUT2D eigenvalue weighted by molar-refractivity contribution is -0.137. The van der Waals surface area contributed by atoms with Crippen LogP contribution in [0.3, 0.4) is 0 Å². The van der Waals surface area contributed by atoms with Gasteiger partial charge in [-0.1, -0.05) is 11.6 Å². The molecule has 1 N–H and O–H groups in total. The minimum absolute atomic E-state index is 0.0482. The maximum absolute atomic E-state index is 12.4. The first-order valence-electron chi connectivity index (χ1n) is 5.44. The van der Waals surface area contributed by atoms with Gasteiger partial charge in [0.05, 0.1) is 11.3 Å². The van der Waals surface area contributed by atoms with Gasteiger partial charge in [-0.2, -0.15) is 18.3 Å². The minimum Gasteiger partial charge on any atom is -0.506 e. The average Bonchev–Trinajstić information content (AvgIpc) is 2.38. The molecular formula is C13H8ClF3N2O. The van der Waals surface area contributed by atoms with E-state index in [2.05, 4.69) is 10.2 Å². The number of rotatable bonds is 2. The van der Waals surface area contributed by atoms with Gasteiger partial charge in [0.2, 0.25) is 0 Å². The van der Waals surface area contributed by atoms with E-state index in [-0.39, 0.29) is 5.69 Å². The Labute approximate surface area is 117 Å². The molecule has 0 fully saturated rings. The molecule has 2 aromatic carbocycles. The van der Waals surface area contributed by atoms with Gasteiger partial charge in [0.25, 0.3) is 0 Å². The van der Waals surface area contributed by atoms with Gasteiger partial charge in [-0.05, 0) is 42.5 Å². The number of aromatic hydroxyl groups is 1. The Bertz CT molecular complexity index is 639. The standard InChI is InChI=1S/C13H8ClF3N2O/c14-9-2-4-10(5-3-9)18-19-11-6-1-8(7-12(11)20)13(15,16)17/h1-7,20H. The van der Waals surface area contributed by atoms with Crippen LogP contribution in [-0.4, -0.2) is 5.11 Å². The fourth-order valence-electron chi connectivity index (χ4n) is 1.40. The Hall–Kier alpha value is -2.08. The lowest BCUT2D eigenvalue weighted by Gasteiger charge is -2.07. The number of phenols is 1. The summed E-state index contributed by atoms with van der Waals surface area (Å²) >= 11 is 5.70. The highest BCUT2D eigenvalue weighted by Crippen LogP contribution is 2.36. The van der Waals surface area contributed by atoms with Crippen molar-refractivity contribution in [2.75, 3.05) is 0 Å². The van der Waals surface area contributed by atoms with Crippen molar-refractivity contribution in [1.29, 1.82) is 0 Å². The molecule has 0 aliphatic rings. The van der Waals surface area contributed by atoms with Gasteiger partial charge in [0, 0.05) is 5.02 Å². The zero-order valence-corrected chi connectivity index (χ0v) is 10.7. The summed E-state index contributed by atoms with van der Waals surface area (Å²) in [6.07, 6.45) is -4.51. The number of benzene rings is 2. The van der Waals surface area contributed by atoms with Crippen LogP contribution in [0.4, 0.5) is 24.5 Å². The molecule has 0 heterocycles. The summed E-state index contributed by atoms with van der Waals surface area (Å²) in [6, 6.07) is 8.87. The highest BCUT2D eigenvalue weighted by Gasteiger charge is 2.31. The molecule has 2 aromatic rings. The van der Waals surface area contributed by atoms with Crippen molar-refractivity contribution in [1.82, 2.24) is 0 Å². The predicted octanol–water partition coefficient (Wildman–Crippen LogP) is 5.48. The van der Waals surface area contributed by atoms with E-state index in [1.807, 2.05) is 0 Å². The lowest BCUT2D eigenvalue weighted by Crippen LogP contribution is -2.03. The summed E-state index contributed by atoms with van der Waals surface area (Å²) in [4.78, 5) is 0. The number of alkyl halides is 3. The molecule has 0 amide bonds. The molecule has 7 heteroatoms. The Morgan fingerprint density at radius 1 is 0.950 bits per heavy atom.